The van der Waals surface area contributed by atoms with Crippen molar-refractivity contribution in [3.05, 3.63) is 64.7 Å². The van der Waals surface area contributed by atoms with Crippen LogP contribution < -0.4 is 4.74 Å². The van der Waals surface area contributed by atoms with E-state index in [1.165, 1.54) is 12.1 Å². The predicted octanol–water partition coefficient (Wildman–Crippen LogP) is 2.36. The molecule has 0 radical (unpaired) electrons. The summed E-state index contributed by atoms with van der Waals surface area (Å²) >= 11 is 0. The van der Waals surface area contributed by atoms with Crippen molar-refractivity contribution in [1.82, 2.24) is 0 Å². The van der Waals surface area contributed by atoms with Crippen LogP contribution in [0.1, 0.15) is 28.7 Å². The van der Waals surface area contributed by atoms with Gasteiger partial charge in [-0.15, -0.1) is 13.2 Å². The zero-order chi connectivity index (χ0) is 21.5. The smallest absolute Gasteiger partial charge is 0.406 e. The van der Waals surface area contributed by atoms with E-state index >= 15 is 0 Å². The number of hydrogen-bond donors (Lipinski definition) is 3. The number of hydrogen-bond acceptors (Lipinski definition) is 6. The Balaban J connectivity index is 1.55. The predicted molar refractivity (Wildman–Crippen MR) is 97.4 cm³/mol. The Bertz CT molecular complexity index is 901. The number of aliphatic hydroxyl groups is 3. The van der Waals surface area contributed by atoms with E-state index in [0.29, 0.717) is 12.0 Å². The van der Waals surface area contributed by atoms with E-state index in [2.05, 4.69) is 4.74 Å². The van der Waals surface area contributed by atoms with Crippen LogP contribution in [0.5, 0.6) is 5.75 Å². The van der Waals surface area contributed by atoms with E-state index in [1.54, 1.807) is 12.1 Å². The van der Waals surface area contributed by atoms with Gasteiger partial charge in [0.2, 0.25) is 0 Å². The first-order valence-corrected chi connectivity index (χ1v) is 9.45. The molecule has 1 spiro atoms. The van der Waals surface area contributed by atoms with E-state index in [-0.39, 0.29) is 18.8 Å². The highest BCUT2D eigenvalue weighted by atomic mass is 19.4. The Kier molecular flexibility index (Phi) is 5.50. The van der Waals surface area contributed by atoms with Crippen molar-refractivity contribution in [2.75, 3.05) is 6.61 Å². The zero-order valence-electron chi connectivity index (χ0n) is 15.8. The topological polar surface area (TPSA) is 88.4 Å². The van der Waals surface area contributed by atoms with Crippen molar-refractivity contribution in [1.29, 1.82) is 0 Å². The first-order valence-electron chi connectivity index (χ1n) is 9.45. The standard InChI is InChI=1S/C21H21F3O6/c22-21(23,24)29-15-5-2-12(3-6-15)7-13-1-4-14-11-28-20(16(14)8-13)9-17(26)19(27)18(10-25)30-20/h1-6,8,17-19,25-27H,7,9-11H2/t17-,18-,19?,20-/m1/s1. The number of aliphatic hydroxyl groups excluding tert-OH is 3. The summed E-state index contributed by atoms with van der Waals surface area (Å²) in [7, 11) is 0. The van der Waals surface area contributed by atoms with Crippen LogP contribution >= 0.6 is 0 Å². The quantitative estimate of drug-likeness (QED) is 0.696. The molecule has 0 aromatic heterocycles. The Labute approximate surface area is 170 Å². The Morgan fingerprint density at radius 3 is 2.43 bits per heavy atom. The molecule has 2 aliphatic heterocycles. The lowest BCUT2D eigenvalue weighted by Gasteiger charge is -2.42. The second-order valence-corrected chi connectivity index (χ2v) is 7.50. The van der Waals surface area contributed by atoms with Gasteiger partial charge in [-0.1, -0.05) is 24.3 Å². The minimum atomic E-state index is -4.74. The van der Waals surface area contributed by atoms with Gasteiger partial charge in [-0.05, 0) is 41.3 Å². The molecule has 2 aliphatic rings. The van der Waals surface area contributed by atoms with Gasteiger partial charge in [0, 0.05) is 12.0 Å². The molecule has 6 nitrogen and oxygen atoms in total. The van der Waals surface area contributed by atoms with Gasteiger partial charge in [0.1, 0.15) is 18.0 Å². The van der Waals surface area contributed by atoms with Crippen LogP contribution in [0.3, 0.4) is 0 Å². The molecule has 0 aliphatic carbocycles. The highest BCUT2D eigenvalue weighted by Crippen LogP contribution is 2.46. The molecule has 0 saturated carbocycles. The second kappa shape index (κ2) is 7.82. The van der Waals surface area contributed by atoms with E-state index in [0.717, 1.165) is 16.7 Å². The molecular weight excluding hydrogens is 405 g/mol. The number of alkyl halides is 3. The summed E-state index contributed by atoms with van der Waals surface area (Å²) in [6, 6.07) is 11.2. The van der Waals surface area contributed by atoms with Gasteiger partial charge in [0.15, 0.2) is 5.79 Å². The molecule has 0 bridgehead atoms. The molecule has 30 heavy (non-hydrogen) atoms. The van der Waals surface area contributed by atoms with Gasteiger partial charge in [0.05, 0.1) is 19.3 Å². The van der Waals surface area contributed by atoms with E-state index in [4.69, 9.17) is 9.47 Å². The summed E-state index contributed by atoms with van der Waals surface area (Å²) in [5, 5.41) is 29.7. The lowest BCUT2D eigenvalue weighted by molar-refractivity contribution is -0.326. The van der Waals surface area contributed by atoms with Crippen molar-refractivity contribution < 1.29 is 42.7 Å². The van der Waals surface area contributed by atoms with Gasteiger partial charge >= 0.3 is 6.36 Å². The monoisotopic (exact) mass is 426 g/mol. The van der Waals surface area contributed by atoms with E-state index in [1.807, 2.05) is 18.2 Å². The van der Waals surface area contributed by atoms with Gasteiger partial charge in [-0.2, -0.15) is 0 Å². The molecule has 2 aromatic carbocycles. The first kappa shape index (κ1) is 21.1. The zero-order valence-corrected chi connectivity index (χ0v) is 15.8. The third-order valence-electron chi connectivity index (χ3n) is 5.39. The van der Waals surface area contributed by atoms with Gasteiger partial charge in [-0.25, -0.2) is 0 Å². The second-order valence-electron chi connectivity index (χ2n) is 7.50. The molecule has 9 heteroatoms. The summed E-state index contributed by atoms with van der Waals surface area (Å²) in [4.78, 5) is 0. The number of rotatable bonds is 4. The van der Waals surface area contributed by atoms with Crippen LogP contribution in [0, 0.1) is 0 Å². The number of fused-ring (bicyclic) bond motifs is 2. The summed E-state index contributed by atoms with van der Waals surface area (Å²) in [5.74, 6) is -1.55. The minimum absolute atomic E-state index is 0.0185. The Hall–Kier alpha value is -2.17. The van der Waals surface area contributed by atoms with Crippen molar-refractivity contribution in [3.63, 3.8) is 0 Å². The van der Waals surface area contributed by atoms with Crippen LogP contribution in [-0.2, 0) is 28.3 Å². The summed E-state index contributed by atoms with van der Waals surface area (Å²) < 4.78 is 52.5. The number of ether oxygens (including phenoxy) is 3. The molecular formula is C21H21F3O6. The average Bonchev–Trinajstić information content (AvgIpc) is 3.02. The SMILES string of the molecule is OC[C@H]1O[C@@]2(C[C@@H](O)C1O)OCc1ccc(Cc3ccc(OC(F)(F)F)cc3)cc12. The van der Waals surface area contributed by atoms with Crippen LogP contribution in [0.4, 0.5) is 13.2 Å². The molecule has 4 atom stereocenters. The maximum absolute atomic E-state index is 12.3. The van der Waals surface area contributed by atoms with Crippen molar-refractivity contribution in [2.24, 2.45) is 0 Å². The molecule has 4 rings (SSSR count). The van der Waals surface area contributed by atoms with Crippen LogP contribution in [-0.4, -0.2) is 46.6 Å². The summed E-state index contributed by atoms with van der Waals surface area (Å²) in [6.45, 7) is -0.204. The third kappa shape index (κ3) is 4.17. The molecule has 2 aromatic rings. The van der Waals surface area contributed by atoms with Gasteiger partial charge in [0.25, 0.3) is 0 Å². The fourth-order valence-corrected chi connectivity index (χ4v) is 3.95. The van der Waals surface area contributed by atoms with Crippen LogP contribution in [0.2, 0.25) is 0 Å². The molecule has 0 amide bonds. The molecule has 1 unspecified atom stereocenters. The number of benzene rings is 2. The fourth-order valence-electron chi connectivity index (χ4n) is 3.95. The van der Waals surface area contributed by atoms with Crippen LogP contribution in [0.25, 0.3) is 0 Å². The minimum Gasteiger partial charge on any atom is -0.406 e. The molecule has 3 N–H and O–H groups in total. The maximum atomic E-state index is 12.3. The third-order valence-corrected chi connectivity index (χ3v) is 5.39. The lowest BCUT2D eigenvalue weighted by Crippen LogP contribution is -2.54. The largest absolute Gasteiger partial charge is 0.573 e. The highest BCUT2D eigenvalue weighted by Gasteiger charge is 2.51. The van der Waals surface area contributed by atoms with Crippen molar-refractivity contribution in [2.45, 2.75) is 49.9 Å². The molecule has 162 valence electrons. The van der Waals surface area contributed by atoms with Gasteiger partial charge < -0.3 is 29.5 Å². The molecule has 1 saturated heterocycles. The van der Waals surface area contributed by atoms with E-state index in [9.17, 15) is 28.5 Å². The fraction of sp³-hybridized carbons (Fsp3) is 0.429. The number of halogens is 3. The molecule has 1 fully saturated rings. The highest BCUT2D eigenvalue weighted by molar-refractivity contribution is 5.40. The summed E-state index contributed by atoms with van der Waals surface area (Å²) in [5.41, 5.74) is 3.23. The maximum Gasteiger partial charge on any atom is 0.573 e. The van der Waals surface area contributed by atoms with Crippen LogP contribution in [0.15, 0.2) is 42.5 Å². The van der Waals surface area contributed by atoms with Gasteiger partial charge in [-0.3, -0.25) is 0 Å². The lowest BCUT2D eigenvalue weighted by atomic mass is 9.88. The molecule has 2 heterocycles. The Morgan fingerprint density at radius 1 is 1.07 bits per heavy atom. The normalized spacial score (nSPS) is 28.5. The van der Waals surface area contributed by atoms with Crippen molar-refractivity contribution >= 4 is 0 Å². The summed E-state index contributed by atoms with van der Waals surface area (Å²) in [6.07, 6.45) is -7.58. The Morgan fingerprint density at radius 2 is 1.77 bits per heavy atom. The van der Waals surface area contributed by atoms with E-state index < -0.39 is 37.1 Å². The van der Waals surface area contributed by atoms with Crippen molar-refractivity contribution in [3.8, 4) is 5.75 Å². The average molecular weight is 426 g/mol. The first-order chi connectivity index (χ1) is 14.2.